The summed E-state index contributed by atoms with van der Waals surface area (Å²) in [5, 5.41) is 9.38. The molecule has 0 saturated heterocycles. The fourth-order valence-electron chi connectivity index (χ4n) is 2.56. The second-order valence-corrected chi connectivity index (χ2v) is 5.16. The van der Waals surface area contributed by atoms with E-state index in [-0.39, 0.29) is 6.54 Å². The van der Waals surface area contributed by atoms with Gasteiger partial charge in [0.1, 0.15) is 6.54 Å². The monoisotopic (exact) mass is 310 g/mol. The van der Waals surface area contributed by atoms with Crippen LogP contribution in [0.25, 0.3) is 10.9 Å². The van der Waals surface area contributed by atoms with Crippen molar-refractivity contribution in [3.8, 4) is 0 Å². The van der Waals surface area contributed by atoms with Crippen LogP contribution in [0, 0.1) is 0 Å². The predicted octanol–water partition coefficient (Wildman–Crippen LogP) is 1.30. The van der Waals surface area contributed by atoms with Crippen LogP contribution in [0.4, 0.5) is 0 Å². The molecular formula is C17H14N2O4. The smallest absolute Gasteiger partial charge is 0.332 e. The van der Waals surface area contributed by atoms with E-state index in [4.69, 9.17) is 5.11 Å². The van der Waals surface area contributed by atoms with Gasteiger partial charge in [0, 0.05) is 0 Å². The Morgan fingerprint density at radius 3 is 2.26 bits per heavy atom. The van der Waals surface area contributed by atoms with E-state index in [0.29, 0.717) is 10.9 Å². The van der Waals surface area contributed by atoms with Crippen molar-refractivity contribution in [2.24, 2.45) is 0 Å². The zero-order valence-electron chi connectivity index (χ0n) is 12.2. The van der Waals surface area contributed by atoms with E-state index >= 15 is 0 Å². The van der Waals surface area contributed by atoms with Gasteiger partial charge in [-0.2, -0.15) is 0 Å². The van der Waals surface area contributed by atoms with Crippen molar-refractivity contribution in [2.75, 3.05) is 0 Å². The molecule has 23 heavy (non-hydrogen) atoms. The Morgan fingerprint density at radius 2 is 1.57 bits per heavy atom. The number of aliphatic carboxylic acids is 1. The van der Waals surface area contributed by atoms with Crippen molar-refractivity contribution in [1.29, 1.82) is 0 Å². The first-order valence-electron chi connectivity index (χ1n) is 7.06. The molecule has 0 amide bonds. The summed E-state index contributed by atoms with van der Waals surface area (Å²) in [6, 6.07) is 15.6. The van der Waals surface area contributed by atoms with Gasteiger partial charge in [0.2, 0.25) is 0 Å². The lowest BCUT2D eigenvalue weighted by Crippen LogP contribution is -2.41. The molecule has 116 valence electrons. The first-order chi connectivity index (χ1) is 11.1. The molecule has 6 nitrogen and oxygen atoms in total. The summed E-state index contributed by atoms with van der Waals surface area (Å²) in [6.45, 7) is -0.391. The van der Waals surface area contributed by atoms with Gasteiger partial charge in [-0.1, -0.05) is 42.5 Å². The Kier molecular flexibility index (Phi) is 3.80. The van der Waals surface area contributed by atoms with Crippen LogP contribution in [0.2, 0.25) is 0 Å². The highest BCUT2D eigenvalue weighted by atomic mass is 16.4. The number of para-hydroxylation sites is 1. The Morgan fingerprint density at radius 1 is 0.913 bits per heavy atom. The largest absolute Gasteiger partial charge is 0.480 e. The average molecular weight is 310 g/mol. The lowest BCUT2D eigenvalue weighted by molar-refractivity contribution is -0.137. The molecule has 0 aliphatic rings. The van der Waals surface area contributed by atoms with Crippen LogP contribution < -0.4 is 11.2 Å². The maximum atomic E-state index is 12.6. The standard InChI is InChI=1S/C17H14N2O4/c20-15(21)11-18-14-9-5-4-8-13(14)16(22)19(17(18)23)10-12-6-2-1-3-7-12/h1-9H,10-11H2,(H,20,21). The predicted molar refractivity (Wildman–Crippen MR) is 85.6 cm³/mol. The van der Waals surface area contributed by atoms with Crippen molar-refractivity contribution in [1.82, 2.24) is 9.13 Å². The van der Waals surface area contributed by atoms with E-state index in [0.717, 1.165) is 14.7 Å². The molecule has 0 aliphatic carbocycles. The minimum absolute atomic E-state index is 0.100. The normalized spacial score (nSPS) is 10.8. The number of nitrogens with zero attached hydrogens (tertiary/aromatic N) is 2. The SMILES string of the molecule is O=C(O)Cn1c(=O)n(Cc2ccccc2)c(=O)c2ccccc21. The van der Waals surface area contributed by atoms with Gasteiger partial charge in [0.15, 0.2) is 0 Å². The van der Waals surface area contributed by atoms with Crippen molar-refractivity contribution in [3.63, 3.8) is 0 Å². The van der Waals surface area contributed by atoms with Crippen LogP contribution in [-0.4, -0.2) is 20.2 Å². The molecule has 0 saturated carbocycles. The molecule has 1 aromatic heterocycles. The summed E-state index contributed by atoms with van der Waals surface area (Å²) < 4.78 is 2.18. The minimum atomic E-state index is -1.14. The molecule has 0 unspecified atom stereocenters. The van der Waals surface area contributed by atoms with E-state index in [1.807, 2.05) is 30.3 Å². The van der Waals surface area contributed by atoms with E-state index in [2.05, 4.69) is 0 Å². The number of benzene rings is 2. The molecule has 1 heterocycles. The summed E-state index contributed by atoms with van der Waals surface area (Å²) in [7, 11) is 0. The zero-order valence-corrected chi connectivity index (χ0v) is 12.2. The molecule has 3 rings (SSSR count). The highest BCUT2D eigenvalue weighted by Gasteiger charge is 2.14. The van der Waals surface area contributed by atoms with E-state index in [1.54, 1.807) is 24.3 Å². The summed E-state index contributed by atoms with van der Waals surface area (Å²) in [6.07, 6.45) is 0. The number of hydrogen-bond donors (Lipinski definition) is 1. The fraction of sp³-hybridized carbons (Fsp3) is 0.118. The van der Waals surface area contributed by atoms with Gasteiger partial charge >= 0.3 is 11.7 Å². The first kappa shape index (κ1) is 14.8. The Hall–Kier alpha value is -3.15. The number of rotatable bonds is 4. The number of carbonyl (C=O) groups is 1. The van der Waals surface area contributed by atoms with Gasteiger partial charge in [-0.25, -0.2) is 4.79 Å². The highest BCUT2D eigenvalue weighted by Crippen LogP contribution is 2.08. The Labute approximate surface area is 130 Å². The van der Waals surface area contributed by atoms with Crippen LogP contribution in [0.3, 0.4) is 0 Å². The van der Waals surface area contributed by atoms with Gasteiger partial charge in [-0.15, -0.1) is 0 Å². The van der Waals surface area contributed by atoms with E-state index in [1.165, 1.54) is 0 Å². The molecule has 0 bridgehead atoms. The van der Waals surface area contributed by atoms with Crippen molar-refractivity contribution >= 4 is 16.9 Å². The number of hydrogen-bond acceptors (Lipinski definition) is 3. The van der Waals surface area contributed by atoms with Gasteiger partial charge in [0.25, 0.3) is 5.56 Å². The lowest BCUT2D eigenvalue weighted by atomic mass is 10.2. The third-order valence-corrected chi connectivity index (χ3v) is 3.61. The lowest BCUT2D eigenvalue weighted by Gasteiger charge is -2.12. The third-order valence-electron chi connectivity index (χ3n) is 3.61. The maximum Gasteiger partial charge on any atom is 0.332 e. The number of fused-ring (bicyclic) bond motifs is 1. The van der Waals surface area contributed by atoms with Gasteiger partial charge in [-0.3, -0.25) is 18.7 Å². The van der Waals surface area contributed by atoms with Gasteiger partial charge < -0.3 is 5.11 Å². The number of carboxylic acids is 1. The summed E-state index contributed by atoms with van der Waals surface area (Å²) in [5.74, 6) is -1.14. The van der Waals surface area contributed by atoms with Crippen LogP contribution in [0.15, 0.2) is 64.2 Å². The minimum Gasteiger partial charge on any atom is -0.480 e. The second kappa shape index (κ2) is 5.92. The molecule has 1 N–H and O–H groups in total. The molecule has 0 aliphatic heterocycles. The van der Waals surface area contributed by atoms with Crippen molar-refractivity contribution < 1.29 is 9.90 Å². The van der Waals surface area contributed by atoms with Crippen LogP contribution in [0.5, 0.6) is 0 Å². The Balaban J connectivity index is 2.27. The first-order valence-corrected chi connectivity index (χ1v) is 7.06. The fourth-order valence-corrected chi connectivity index (χ4v) is 2.56. The zero-order chi connectivity index (χ0) is 16.4. The molecule has 2 aromatic carbocycles. The van der Waals surface area contributed by atoms with Crippen LogP contribution >= 0.6 is 0 Å². The summed E-state index contributed by atoms with van der Waals surface area (Å²) >= 11 is 0. The number of aromatic nitrogens is 2. The van der Waals surface area contributed by atoms with Crippen LogP contribution in [-0.2, 0) is 17.9 Å². The molecule has 0 radical (unpaired) electrons. The molecule has 6 heteroatoms. The maximum absolute atomic E-state index is 12.6. The molecular weight excluding hydrogens is 296 g/mol. The summed E-state index contributed by atoms with van der Waals surface area (Å²) in [5.41, 5.74) is 0.0779. The third kappa shape index (κ3) is 2.78. The average Bonchev–Trinajstić information content (AvgIpc) is 2.56. The van der Waals surface area contributed by atoms with Crippen molar-refractivity contribution in [3.05, 3.63) is 81.0 Å². The second-order valence-electron chi connectivity index (χ2n) is 5.16. The van der Waals surface area contributed by atoms with E-state index in [9.17, 15) is 14.4 Å². The van der Waals surface area contributed by atoms with Gasteiger partial charge in [-0.05, 0) is 17.7 Å². The number of carboxylic acid groups (broad SMARTS) is 1. The van der Waals surface area contributed by atoms with Gasteiger partial charge in [0.05, 0.1) is 17.4 Å². The van der Waals surface area contributed by atoms with Crippen LogP contribution in [0.1, 0.15) is 5.56 Å². The molecule has 0 atom stereocenters. The Bertz CT molecular complexity index is 987. The topological polar surface area (TPSA) is 81.3 Å². The molecule has 0 fully saturated rings. The quantitative estimate of drug-likeness (QED) is 0.787. The molecule has 3 aromatic rings. The molecule has 0 spiro atoms. The summed E-state index contributed by atoms with van der Waals surface area (Å²) in [4.78, 5) is 36.3. The van der Waals surface area contributed by atoms with Crippen molar-refractivity contribution in [2.45, 2.75) is 13.1 Å². The van der Waals surface area contributed by atoms with E-state index < -0.39 is 23.8 Å². The highest BCUT2D eigenvalue weighted by molar-refractivity contribution is 5.79.